The van der Waals surface area contributed by atoms with Crippen LogP contribution in [0.25, 0.3) is 11.4 Å². The molecule has 0 bridgehead atoms. The number of anilines is 1. The van der Waals surface area contributed by atoms with Gasteiger partial charge in [-0.15, -0.1) is 11.3 Å². The number of nitrogens with zero attached hydrogens (tertiary/aromatic N) is 3. The summed E-state index contributed by atoms with van der Waals surface area (Å²) in [7, 11) is 0. The quantitative estimate of drug-likeness (QED) is 0.505. The fourth-order valence-corrected chi connectivity index (χ4v) is 3.77. The van der Waals surface area contributed by atoms with Gasteiger partial charge in [0.1, 0.15) is 5.41 Å². The second-order valence-corrected chi connectivity index (χ2v) is 10.0. The predicted octanol–water partition coefficient (Wildman–Crippen LogP) is 4.87. The van der Waals surface area contributed by atoms with Crippen LogP contribution in [0.5, 0.6) is 0 Å². The summed E-state index contributed by atoms with van der Waals surface area (Å²) in [6, 6.07) is 7.00. The molecular formula is C23H28N4O4S. The Labute approximate surface area is 191 Å². The number of carbonyl (C=O) groups is 2. The summed E-state index contributed by atoms with van der Waals surface area (Å²) < 4.78 is 10.5. The van der Waals surface area contributed by atoms with Crippen LogP contribution in [0.1, 0.15) is 63.5 Å². The van der Waals surface area contributed by atoms with E-state index in [0.717, 1.165) is 0 Å². The Balaban J connectivity index is 1.73. The first-order valence-corrected chi connectivity index (χ1v) is 11.2. The van der Waals surface area contributed by atoms with Gasteiger partial charge in [-0.2, -0.15) is 4.98 Å². The summed E-state index contributed by atoms with van der Waals surface area (Å²) in [5.41, 5.74) is 0.790. The molecule has 0 saturated heterocycles. The lowest BCUT2D eigenvalue weighted by atomic mass is 9.90. The molecule has 170 valence electrons. The average Bonchev–Trinajstić information content (AvgIpc) is 3.37. The van der Waals surface area contributed by atoms with Gasteiger partial charge in [0.05, 0.1) is 12.3 Å². The second-order valence-electron chi connectivity index (χ2n) is 9.17. The summed E-state index contributed by atoms with van der Waals surface area (Å²) in [5, 5.41) is 8.99. The molecule has 32 heavy (non-hydrogen) atoms. The molecule has 3 aromatic rings. The van der Waals surface area contributed by atoms with E-state index >= 15 is 0 Å². The topological polar surface area (TPSA) is 107 Å². The van der Waals surface area contributed by atoms with Crippen LogP contribution in [0.2, 0.25) is 0 Å². The highest BCUT2D eigenvalue weighted by Gasteiger charge is 2.34. The molecule has 0 saturated carbocycles. The first-order chi connectivity index (χ1) is 15.0. The van der Waals surface area contributed by atoms with Gasteiger partial charge in [0.15, 0.2) is 5.13 Å². The van der Waals surface area contributed by atoms with Crippen LogP contribution < -0.4 is 5.32 Å². The average molecular weight is 457 g/mol. The highest BCUT2D eigenvalue weighted by atomic mass is 32.1. The lowest BCUT2D eigenvalue weighted by molar-refractivity contribution is -0.148. The molecule has 9 heteroatoms. The van der Waals surface area contributed by atoms with Gasteiger partial charge in [-0.05, 0) is 38.3 Å². The van der Waals surface area contributed by atoms with E-state index in [-0.39, 0.29) is 17.3 Å². The number of esters is 1. The van der Waals surface area contributed by atoms with Crippen LogP contribution in [0.15, 0.2) is 34.2 Å². The standard InChI is InChI=1S/C23H28N4O4S/c1-7-30-20(29)23(5,6)16-13-32-21(24-16)26-19(28)15-10-8-9-14(11-15)18-25-17(31-27-18)12-22(2,3)4/h8-11,13H,7,12H2,1-6H3,(H,24,26,28). The highest BCUT2D eigenvalue weighted by Crippen LogP contribution is 2.29. The monoisotopic (exact) mass is 456 g/mol. The number of benzene rings is 1. The molecule has 0 fully saturated rings. The minimum Gasteiger partial charge on any atom is -0.465 e. The number of hydrogen-bond acceptors (Lipinski definition) is 8. The van der Waals surface area contributed by atoms with Crippen LogP contribution in [-0.4, -0.2) is 33.6 Å². The molecule has 1 N–H and O–H groups in total. The second kappa shape index (κ2) is 9.20. The van der Waals surface area contributed by atoms with Gasteiger partial charge in [-0.1, -0.05) is 38.1 Å². The summed E-state index contributed by atoms with van der Waals surface area (Å²) in [6.45, 7) is 11.8. The number of hydrogen-bond donors (Lipinski definition) is 1. The van der Waals surface area contributed by atoms with E-state index in [4.69, 9.17) is 9.26 Å². The highest BCUT2D eigenvalue weighted by molar-refractivity contribution is 7.14. The van der Waals surface area contributed by atoms with Crippen molar-refractivity contribution >= 4 is 28.3 Å². The fraction of sp³-hybridized carbons (Fsp3) is 0.435. The maximum Gasteiger partial charge on any atom is 0.317 e. The van der Waals surface area contributed by atoms with Gasteiger partial charge >= 0.3 is 5.97 Å². The predicted molar refractivity (Wildman–Crippen MR) is 123 cm³/mol. The van der Waals surface area contributed by atoms with E-state index in [9.17, 15) is 9.59 Å². The maximum absolute atomic E-state index is 12.8. The molecule has 2 heterocycles. The molecule has 1 aromatic carbocycles. The third-order valence-electron chi connectivity index (χ3n) is 4.68. The van der Waals surface area contributed by atoms with Gasteiger partial charge < -0.3 is 9.26 Å². The number of thiazole rings is 1. The zero-order chi connectivity index (χ0) is 23.5. The molecule has 1 amide bonds. The van der Waals surface area contributed by atoms with Crippen molar-refractivity contribution in [1.82, 2.24) is 15.1 Å². The molecule has 0 aliphatic carbocycles. The molecule has 0 spiro atoms. The number of aromatic nitrogens is 3. The smallest absolute Gasteiger partial charge is 0.317 e. The molecule has 3 rings (SSSR count). The van der Waals surface area contributed by atoms with E-state index in [1.165, 1.54) is 11.3 Å². The Kier molecular flexibility index (Phi) is 6.78. The van der Waals surface area contributed by atoms with Crippen molar-refractivity contribution in [3.05, 3.63) is 46.8 Å². The van der Waals surface area contributed by atoms with Crippen LogP contribution >= 0.6 is 11.3 Å². The van der Waals surface area contributed by atoms with E-state index in [2.05, 4.69) is 41.2 Å². The lowest BCUT2D eigenvalue weighted by Crippen LogP contribution is -2.31. The first-order valence-electron chi connectivity index (χ1n) is 10.4. The normalized spacial score (nSPS) is 11.9. The third kappa shape index (κ3) is 5.59. The van der Waals surface area contributed by atoms with E-state index in [0.29, 0.717) is 46.7 Å². The number of ether oxygens (including phenoxy) is 1. The van der Waals surface area contributed by atoms with Crippen molar-refractivity contribution in [3.8, 4) is 11.4 Å². The van der Waals surface area contributed by atoms with Crippen LogP contribution in [0.4, 0.5) is 5.13 Å². The van der Waals surface area contributed by atoms with E-state index < -0.39 is 5.41 Å². The Morgan fingerprint density at radius 1 is 1.16 bits per heavy atom. The van der Waals surface area contributed by atoms with E-state index in [1.807, 2.05) is 6.07 Å². The Morgan fingerprint density at radius 2 is 1.91 bits per heavy atom. The summed E-state index contributed by atoms with van der Waals surface area (Å²) in [6.07, 6.45) is 0.661. The van der Waals surface area contributed by atoms with Gasteiger partial charge in [0.2, 0.25) is 11.7 Å². The number of amides is 1. The fourth-order valence-electron chi connectivity index (χ4n) is 2.90. The third-order valence-corrected chi connectivity index (χ3v) is 5.44. The summed E-state index contributed by atoms with van der Waals surface area (Å²) >= 11 is 1.25. The number of carbonyl (C=O) groups excluding carboxylic acids is 2. The largest absolute Gasteiger partial charge is 0.465 e. The van der Waals surface area contributed by atoms with Crippen molar-refractivity contribution in [2.24, 2.45) is 5.41 Å². The zero-order valence-corrected chi connectivity index (χ0v) is 20.0. The maximum atomic E-state index is 12.8. The number of rotatable bonds is 7. The molecule has 0 radical (unpaired) electrons. The van der Waals surface area contributed by atoms with Crippen molar-refractivity contribution in [2.45, 2.75) is 53.4 Å². The molecule has 0 aliphatic heterocycles. The lowest BCUT2D eigenvalue weighted by Gasteiger charge is -2.19. The van der Waals surface area contributed by atoms with Crippen molar-refractivity contribution in [3.63, 3.8) is 0 Å². The van der Waals surface area contributed by atoms with Gasteiger partial charge in [0.25, 0.3) is 5.91 Å². The minimum atomic E-state index is -0.904. The Bertz CT molecular complexity index is 1110. The molecule has 0 atom stereocenters. The van der Waals surface area contributed by atoms with Gasteiger partial charge in [-0.3, -0.25) is 14.9 Å². The molecule has 0 unspecified atom stereocenters. The first kappa shape index (κ1) is 23.6. The Hall–Kier alpha value is -3.07. The van der Waals surface area contributed by atoms with Crippen molar-refractivity contribution < 1.29 is 18.8 Å². The minimum absolute atomic E-state index is 0.0277. The van der Waals surface area contributed by atoms with Crippen molar-refractivity contribution in [2.75, 3.05) is 11.9 Å². The van der Waals surface area contributed by atoms with Crippen molar-refractivity contribution in [1.29, 1.82) is 0 Å². The summed E-state index contributed by atoms with van der Waals surface area (Å²) in [5.74, 6) is 0.315. The summed E-state index contributed by atoms with van der Waals surface area (Å²) in [4.78, 5) is 33.9. The molecule has 8 nitrogen and oxygen atoms in total. The Morgan fingerprint density at radius 3 is 2.59 bits per heavy atom. The molecule has 0 aliphatic rings. The SMILES string of the molecule is CCOC(=O)C(C)(C)c1csc(NC(=O)c2cccc(-c3noc(CC(C)(C)C)n3)c2)n1. The number of nitrogens with one attached hydrogen (secondary N) is 1. The van der Waals surface area contributed by atoms with Crippen LogP contribution in [0.3, 0.4) is 0 Å². The molecule has 2 aromatic heterocycles. The molecular weight excluding hydrogens is 428 g/mol. The van der Waals surface area contributed by atoms with Gasteiger partial charge in [0, 0.05) is 22.9 Å². The van der Waals surface area contributed by atoms with Gasteiger partial charge in [-0.25, -0.2) is 4.98 Å². The zero-order valence-electron chi connectivity index (χ0n) is 19.2. The van der Waals surface area contributed by atoms with Crippen LogP contribution in [0, 0.1) is 5.41 Å². The van der Waals surface area contributed by atoms with E-state index in [1.54, 1.807) is 44.4 Å². The van der Waals surface area contributed by atoms with Crippen LogP contribution in [-0.2, 0) is 21.4 Å².